The molecule has 1 fully saturated rings. The van der Waals surface area contributed by atoms with Crippen LogP contribution in [0.15, 0.2) is 42.5 Å². The van der Waals surface area contributed by atoms with E-state index in [0.29, 0.717) is 6.42 Å². The van der Waals surface area contributed by atoms with E-state index in [2.05, 4.69) is 74.3 Å². The Hall–Kier alpha value is -1.84. The van der Waals surface area contributed by atoms with Gasteiger partial charge in [0.1, 0.15) is 0 Å². The van der Waals surface area contributed by atoms with Gasteiger partial charge < -0.3 is 20.5 Å². The molecule has 1 aromatic carbocycles. The average molecular weight is 701 g/mol. The molecule has 1 aliphatic rings. The molecule has 1 saturated heterocycles. The maximum Gasteiger partial charge on any atom is 0.303 e. The topological polar surface area (TPSA) is 124 Å². The third-order valence-electron chi connectivity index (χ3n) is 7.79. The maximum atomic E-state index is 12.7. The molecule has 4 N–H and O–H groups in total. The lowest BCUT2D eigenvalue weighted by Crippen LogP contribution is -2.47. The van der Waals surface area contributed by atoms with Crippen LogP contribution in [0.4, 0.5) is 5.69 Å². The first-order chi connectivity index (χ1) is 21.6. The third kappa shape index (κ3) is 28.9. The van der Waals surface area contributed by atoms with Gasteiger partial charge in [0.05, 0.1) is 18.6 Å². The average Bonchev–Trinajstić information content (AvgIpc) is 3.00. The van der Waals surface area contributed by atoms with Crippen molar-refractivity contribution in [2.24, 2.45) is 0 Å². The number of rotatable bonds is 19. The van der Waals surface area contributed by atoms with E-state index in [4.69, 9.17) is 5.11 Å². The van der Waals surface area contributed by atoms with Crippen molar-refractivity contribution < 1.29 is 24.7 Å². The Balaban J connectivity index is -0.000000713. The van der Waals surface area contributed by atoms with E-state index >= 15 is 0 Å². The summed E-state index contributed by atoms with van der Waals surface area (Å²) in [5.41, 5.74) is 3.27. The van der Waals surface area contributed by atoms with Gasteiger partial charge in [-0.3, -0.25) is 14.5 Å². The first kappa shape index (κ1) is 49.5. The standard InChI is InChI=1S/C18H28N2O.C18H32O2.C2H6OS.ClH.H2O/c1-4-5-12-20-13-7-6-11-16(20)18(21)19-17-14(2)9-8-10-15(17)3;1-2-3-4-5-6-7-8-9-10-11-12-13-14-15-16-17-18(19)20;1-4(2)3;;/h8-10,16H,4-7,11-13H2,1-3H3,(H,19,21);6-7,9-10H,2-5,8,11-17H2,1H3,(H,19,20);1-2H3;1H;1H2/b;7-6-,10-9-;;;. The maximum absolute atomic E-state index is 12.7. The van der Waals surface area contributed by atoms with Gasteiger partial charge in [0, 0.05) is 12.1 Å². The number of aliphatic carboxylic acids is 1. The molecule has 0 bridgehead atoms. The molecule has 1 atom stereocenters. The highest BCUT2D eigenvalue weighted by atomic mass is 35.5. The minimum atomic E-state index is -0.671. The van der Waals surface area contributed by atoms with Gasteiger partial charge >= 0.3 is 5.97 Å². The molecule has 0 aromatic heterocycles. The number of carboxylic acids is 1. The van der Waals surface area contributed by atoms with Crippen molar-refractivity contribution >= 4 is 41.1 Å². The van der Waals surface area contributed by atoms with Crippen LogP contribution in [0.2, 0.25) is 0 Å². The minimum absolute atomic E-state index is 0. The number of para-hydroxylation sites is 1. The highest BCUT2D eigenvalue weighted by Gasteiger charge is 2.28. The van der Waals surface area contributed by atoms with Crippen LogP contribution < -0.4 is 5.32 Å². The summed E-state index contributed by atoms with van der Waals surface area (Å²) in [6.45, 7) is 10.6. The molecule has 1 heterocycles. The van der Waals surface area contributed by atoms with Gasteiger partial charge in [-0.1, -0.05) is 112 Å². The van der Waals surface area contributed by atoms with Crippen LogP contribution in [0.5, 0.6) is 0 Å². The summed E-state index contributed by atoms with van der Waals surface area (Å²) in [6.07, 6.45) is 31.3. The number of hydrogen-bond donors (Lipinski definition) is 2. The quantitative estimate of drug-likeness (QED) is 0.0845. The Labute approximate surface area is 297 Å². The lowest BCUT2D eigenvalue weighted by atomic mass is 10.00. The van der Waals surface area contributed by atoms with E-state index in [9.17, 15) is 14.1 Å². The molecule has 1 unspecified atom stereocenters. The van der Waals surface area contributed by atoms with Crippen molar-refractivity contribution in [3.8, 4) is 0 Å². The van der Waals surface area contributed by atoms with Crippen LogP contribution in [0, 0.1) is 13.8 Å². The number of anilines is 1. The lowest BCUT2D eigenvalue weighted by Gasteiger charge is -2.34. The highest BCUT2D eigenvalue weighted by Crippen LogP contribution is 2.23. The number of hydrogen-bond acceptors (Lipinski definition) is 4. The molecular formula is C38H69ClN2O5S. The molecule has 0 spiro atoms. The number of benzene rings is 1. The number of likely N-dealkylation sites (tertiary alicyclic amines) is 1. The Bertz CT molecular complexity index is 935. The fourth-order valence-corrected chi connectivity index (χ4v) is 5.22. The van der Waals surface area contributed by atoms with Gasteiger partial charge in [0.25, 0.3) is 0 Å². The monoisotopic (exact) mass is 700 g/mol. The lowest BCUT2D eigenvalue weighted by molar-refractivity contribution is -0.137. The van der Waals surface area contributed by atoms with E-state index in [1.54, 1.807) is 12.5 Å². The summed E-state index contributed by atoms with van der Waals surface area (Å²) < 4.78 is 9.56. The van der Waals surface area contributed by atoms with E-state index < -0.39 is 17.1 Å². The van der Waals surface area contributed by atoms with Gasteiger partial charge in [-0.25, -0.2) is 0 Å². The second kappa shape index (κ2) is 34.0. The Morgan fingerprint density at radius 3 is 1.98 bits per heavy atom. The number of carbonyl (C=O) groups excluding carboxylic acids is 1. The van der Waals surface area contributed by atoms with Crippen LogP contribution in [-0.4, -0.2) is 63.6 Å². The van der Waals surface area contributed by atoms with E-state index in [0.717, 1.165) is 68.4 Å². The number of carboxylic acid groups (broad SMARTS) is 1. The van der Waals surface area contributed by atoms with E-state index in [1.807, 2.05) is 6.07 Å². The second-order valence-electron chi connectivity index (χ2n) is 12.3. The zero-order chi connectivity index (χ0) is 33.7. The summed E-state index contributed by atoms with van der Waals surface area (Å²) in [6, 6.07) is 6.19. The zero-order valence-corrected chi connectivity index (χ0v) is 32.1. The van der Waals surface area contributed by atoms with Crippen molar-refractivity contribution in [3.05, 3.63) is 53.6 Å². The molecular weight excluding hydrogens is 632 g/mol. The highest BCUT2D eigenvalue weighted by molar-refractivity contribution is 7.89. The van der Waals surface area contributed by atoms with Gasteiger partial charge in [0.15, 0.2) is 0 Å². The molecule has 0 saturated carbocycles. The fraction of sp³-hybridized carbons (Fsp3) is 0.684. The van der Waals surface area contributed by atoms with Gasteiger partial charge in [0.2, 0.25) is 5.91 Å². The predicted octanol–water partition coefficient (Wildman–Crippen LogP) is 9.37. The predicted molar refractivity (Wildman–Crippen MR) is 207 cm³/mol. The Morgan fingerprint density at radius 1 is 0.894 bits per heavy atom. The molecule has 274 valence electrons. The SMILES string of the molecule is CCCCC/C=C\C/C=C\CCCCCCCC(=O)O.CCCCN1CCCCC1C(=O)Nc1c(C)cccc1C.C[S+](C)[O-].Cl.O. The molecule has 0 aliphatic carbocycles. The van der Waals surface area contributed by atoms with Crippen molar-refractivity contribution in [1.29, 1.82) is 0 Å². The van der Waals surface area contributed by atoms with Crippen molar-refractivity contribution in [2.45, 2.75) is 143 Å². The number of nitrogens with zero attached hydrogens (tertiary/aromatic N) is 1. The molecule has 7 nitrogen and oxygen atoms in total. The molecule has 1 amide bonds. The molecule has 0 radical (unpaired) electrons. The van der Waals surface area contributed by atoms with E-state index in [1.165, 1.54) is 64.2 Å². The van der Waals surface area contributed by atoms with E-state index in [-0.39, 0.29) is 29.8 Å². The molecule has 9 heteroatoms. The van der Waals surface area contributed by atoms with Crippen LogP contribution in [0.25, 0.3) is 0 Å². The van der Waals surface area contributed by atoms with Gasteiger partial charge in [-0.2, -0.15) is 0 Å². The van der Waals surface area contributed by atoms with Crippen LogP contribution in [0.1, 0.15) is 134 Å². The first-order valence-corrected chi connectivity index (χ1v) is 19.5. The number of allylic oxidation sites excluding steroid dienone is 4. The Morgan fingerprint density at radius 2 is 1.43 bits per heavy atom. The summed E-state index contributed by atoms with van der Waals surface area (Å²) >= 11 is -0.611. The van der Waals surface area contributed by atoms with Crippen LogP contribution in [0.3, 0.4) is 0 Å². The second-order valence-corrected chi connectivity index (χ2v) is 13.8. The number of amides is 1. The van der Waals surface area contributed by atoms with Crippen molar-refractivity contribution in [1.82, 2.24) is 4.90 Å². The Kier molecular flexibility index (Phi) is 35.9. The van der Waals surface area contributed by atoms with Crippen LogP contribution >= 0.6 is 12.4 Å². The summed E-state index contributed by atoms with van der Waals surface area (Å²) in [4.78, 5) is 25.4. The largest absolute Gasteiger partial charge is 0.617 e. The first-order valence-electron chi connectivity index (χ1n) is 17.5. The van der Waals surface area contributed by atoms with Crippen molar-refractivity contribution in [3.63, 3.8) is 0 Å². The number of halogens is 1. The number of piperidine rings is 1. The number of carbonyl (C=O) groups is 2. The van der Waals surface area contributed by atoms with Gasteiger partial charge in [-0.15, -0.1) is 12.4 Å². The number of unbranched alkanes of at least 4 members (excludes halogenated alkanes) is 9. The number of aryl methyl sites for hydroxylation is 2. The summed E-state index contributed by atoms with van der Waals surface area (Å²) in [5.74, 6) is -0.501. The summed E-state index contributed by atoms with van der Waals surface area (Å²) in [5, 5.41) is 11.7. The number of nitrogens with one attached hydrogen (secondary N) is 1. The summed E-state index contributed by atoms with van der Waals surface area (Å²) in [7, 11) is 0. The molecule has 1 aromatic rings. The van der Waals surface area contributed by atoms with Crippen LogP contribution in [-0.2, 0) is 20.8 Å². The minimum Gasteiger partial charge on any atom is -0.617 e. The smallest absolute Gasteiger partial charge is 0.303 e. The third-order valence-corrected chi connectivity index (χ3v) is 7.79. The molecule has 1 aliphatic heterocycles. The van der Waals surface area contributed by atoms with Crippen molar-refractivity contribution in [2.75, 3.05) is 30.9 Å². The fourth-order valence-electron chi connectivity index (χ4n) is 5.22. The molecule has 47 heavy (non-hydrogen) atoms. The normalized spacial score (nSPS) is 14.4. The molecule has 2 rings (SSSR count). The van der Waals surface area contributed by atoms with Gasteiger partial charge in [-0.05, 0) is 95.9 Å². The zero-order valence-electron chi connectivity index (χ0n) is 30.5.